The molecular formula is C24H28N10O3. The molecule has 6 rings (SSSR count). The topological polar surface area (TPSA) is 138 Å². The van der Waals surface area contributed by atoms with Crippen LogP contribution in [0.25, 0.3) is 28.3 Å². The summed E-state index contributed by atoms with van der Waals surface area (Å²) in [4.78, 5) is 38.3. The molecular weight excluding hydrogens is 476 g/mol. The minimum atomic E-state index is -0.310. The van der Waals surface area contributed by atoms with Gasteiger partial charge in [-0.05, 0) is 18.2 Å². The SMILES string of the molecule is Cn1cc(CN2CCN(CCn3ccc4c3nc(N)n3nc(-c5ccco5)nc43)CC2)c(=O)n(C)c1=O. The fraction of sp³-hybridized carbons (Fsp3) is 0.375. The molecule has 0 unspecified atom stereocenters. The predicted octanol–water partition coefficient (Wildman–Crippen LogP) is 0.136. The first kappa shape index (κ1) is 23.2. The number of fused-ring (bicyclic) bond motifs is 3. The van der Waals surface area contributed by atoms with E-state index < -0.39 is 0 Å². The van der Waals surface area contributed by atoms with E-state index in [9.17, 15) is 9.59 Å². The summed E-state index contributed by atoms with van der Waals surface area (Å²) in [6.45, 7) is 5.63. The van der Waals surface area contributed by atoms with E-state index >= 15 is 0 Å². The number of nitrogens with two attached hydrogens (primary N) is 1. The summed E-state index contributed by atoms with van der Waals surface area (Å²) in [5, 5.41) is 5.33. The van der Waals surface area contributed by atoms with Gasteiger partial charge in [0, 0.05) is 77.9 Å². The molecule has 0 aromatic carbocycles. The molecule has 0 bridgehead atoms. The van der Waals surface area contributed by atoms with Crippen LogP contribution in [-0.4, -0.2) is 75.8 Å². The van der Waals surface area contributed by atoms with E-state index in [0.29, 0.717) is 29.3 Å². The van der Waals surface area contributed by atoms with Gasteiger partial charge in [0.05, 0.1) is 11.6 Å². The van der Waals surface area contributed by atoms with Crippen LogP contribution < -0.4 is 17.0 Å². The maximum atomic E-state index is 12.5. The van der Waals surface area contributed by atoms with Gasteiger partial charge in [-0.15, -0.1) is 5.10 Å². The highest BCUT2D eigenvalue weighted by Crippen LogP contribution is 2.24. The Morgan fingerprint density at radius 1 is 1.00 bits per heavy atom. The number of furan rings is 1. The molecule has 2 N–H and O–H groups in total. The Balaban J connectivity index is 1.12. The number of nitrogen functional groups attached to an aromatic ring is 1. The molecule has 5 aromatic rings. The van der Waals surface area contributed by atoms with Crippen molar-refractivity contribution >= 4 is 22.6 Å². The van der Waals surface area contributed by atoms with Crippen molar-refractivity contribution in [3.8, 4) is 11.6 Å². The molecule has 13 nitrogen and oxygen atoms in total. The minimum Gasteiger partial charge on any atom is -0.461 e. The number of hydrogen-bond acceptors (Lipinski definition) is 9. The third-order valence-electron chi connectivity index (χ3n) is 6.99. The Bertz CT molecular complexity index is 1700. The number of nitrogens with zero attached hydrogens (tertiary/aromatic N) is 9. The molecule has 13 heteroatoms. The standard InChI is InChI=1S/C24H28N10O3/c1-29-14-16(22(35)30(2)24(29)36)15-32-9-7-31(8-10-32)11-12-33-6-5-17-20(33)27-23(25)34-21(17)26-19(28-34)18-4-3-13-37-18/h3-6,13-14H,7-12,15H2,1-2H3,(H2,25,27). The monoisotopic (exact) mass is 504 g/mol. The summed E-state index contributed by atoms with van der Waals surface area (Å²) in [6.07, 6.45) is 5.24. The van der Waals surface area contributed by atoms with Crippen molar-refractivity contribution in [2.24, 2.45) is 14.1 Å². The molecule has 6 heterocycles. The van der Waals surface area contributed by atoms with Crippen LogP contribution in [0.3, 0.4) is 0 Å². The van der Waals surface area contributed by atoms with Crippen LogP contribution >= 0.6 is 0 Å². The molecule has 0 saturated carbocycles. The highest BCUT2D eigenvalue weighted by atomic mass is 16.3. The second-order valence-corrected chi connectivity index (χ2v) is 9.39. The van der Waals surface area contributed by atoms with Gasteiger partial charge in [-0.3, -0.25) is 19.2 Å². The summed E-state index contributed by atoms with van der Waals surface area (Å²) in [5.74, 6) is 1.31. The molecule has 1 aliphatic heterocycles. The summed E-state index contributed by atoms with van der Waals surface area (Å²) in [5.41, 5.74) is 7.73. The lowest BCUT2D eigenvalue weighted by molar-refractivity contribution is 0.123. The Morgan fingerprint density at radius 3 is 2.54 bits per heavy atom. The van der Waals surface area contributed by atoms with Crippen molar-refractivity contribution in [3.63, 3.8) is 0 Å². The van der Waals surface area contributed by atoms with E-state index in [1.807, 2.05) is 18.3 Å². The summed E-state index contributed by atoms with van der Waals surface area (Å²) < 4.78 is 11.7. The Hall–Kier alpha value is -4.23. The summed E-state index contributed by atoms with van der Waals surface area (Å²) >= 11 is 0. The second kappa shape index (κ2) is 9.01. The third kappa shape index (κ3) is 4.11. The van der Waals surface area contributed by atoms with Crippen molar-refractivity contribution in [1.82, 2.24) is 43.1 Å². The quantitative estimate of drug-likeness (QED) is 0.342. The number of piperazine rings is 1. The molecule has 0 amide bonds. The van der Waals surface area contributed by atoms with Crippen LogP contribution in [0.4, 0.5) is 5.95 Å². The first-order valence-electron chi connectivity index (χ1n) is 12.1. The van der Waals surface area contributed by atoms with Crippen LogP contribution in [0.5, 0.6) is 0 Å². The van der Waals surface area contributed by atoms with Crippen LogP contribution in [-0.2, 0) is 27.2 Å². The largest absolute Gasteiger partial charge is 0.461 e. The predicted molar refractivity (Wildman–Crippen MR) is 137 cm³/mol. The first-order chi connectivity index (χ1) is 17.9. The van der Waals surface area contributed by atoms with Crippen LogP contribution in [0.15, 0.2) is 50.9 Å². The lowest BCUT2D eigenvalue weighted by Gasteiger charge is -2.34. The number of aryl methyl sites for hydroxylation is 1. The summed E-state index contributed by atoms with van der Waals surface area (Å²) in [6, 6.07) is 5.59. The van der Waals surface area contributed by atoms with E-state index in [1.165, 1.54) is 16.2 Å². The van der Waals surface area contributed by atoms with Crippen molar-refractivity contribution in [2.45, 2.75) is 13.1 Å². The van der Waals surface area contributed by atoms with Crippen LogP contribution in [0.2, 0.25) is 0 Å². The highest BCUT2D eigenvalue weighted by Gasteiger charge is 2.20. The molecule has 1 aliphatic rings. The van der Waals surface area contributed by atoms with E-state index in [-0.39, 0.29) is 17.2 Å². The van der Waals surface area contributed by atoms with Crippen LogP contribution in [0.1, 0.15) is 5.56 Å². The maximum absolute atomic E-state index is 12.5. The average Bonchev–Trinajstić information content (AvgIpc) is 3.65. The third-order valence-corrected chi connectivity index (χ3v) is 6.99. The normalized spacial score (nSPS) is 15.3. The molecule has 0 aliphatic carbocycles. The fourth-order valence-electron chi connectivity index (χ4n) is 4.91. The number of aromatic nitrogens is 7. The molecule has 1 fully saturated rings. The molecule has 0 radical (unpaired) electrons. The van der Waals surface area contributed by atoms with Gasteiger partial charge in [-0.1, -0.05) is 0 Å². The van der Waals surface area contributed by atoms with Gasteiger partial charge >= 0.3 is 5.69 Å². The second-order valence-electron chi connectivity index (χ2n) is 9.39. The molecule has 0 atom stereocenters. The van der Waals surface area contributed by atoms with Gasteiger partial charge in [-0.25, -0.2) is 9.78 Å². The minimum absolute atomic E-state index is 0.227. The molecule has 192 valence electrons. The van der Waals surface area contributed by atoms with Crippen molar-refractivity contribution < 1.29 is 4.42 Å². The lowest BCUT2D eigenvalue weighted by Crippen LogP contribution is -2.48. The van der Waals surface area contributed by atoms with Gasteiger partial charge in [0.1, 0.15) is 5.65 Å². The zero-order valence-corrected chi connectivity index (χ0v) is 20.7. The number of hydrogen-bond donors (Lipinski definition) is 1. The van der Waals surface area contributed by atoms with E-state index in [1.54, 1.807) is 30.1 Å². The molecule has 37 heavy (non-hydrogen) atoms. The Morgan fingerprint density at radius 2 is 1.78 bits per heavy atom. The zero-order chi connectivity index (χ0) is 25.7. The van der Waals surface area contributed by atoms with Crippen molar-refractivity contribution in [3.05, 3.63) is 63.3 Å². The van der Waals surface area contributed by atoms with E-state index in [2.05, 4.69) is 29.4 Å². The Labute approximate surface area is 211 Å². The van der Waals surface area contributed by atoms with E-state index in [0.717, 1.165) is 50.3 Å². The maximum Gasteiger partial charge on any atom is 0.330 e. The van der Waals surface area contributed by atoms with Gasteiger partial charge in [0.15, 0.2) is 11.4 Å². The van der Waals surface area contributed by atoms with E-state index in [4.69, 9.17) is 10.2 Å². The van der Waals surface area contributed by atoms with Gasteiger partial charge < -0.3 is 19.3 Å². The van der Waals surface area contributed by atoms with Crippen molar-refractivity contribution in [1.29, 1.82) is 0 Å². The van der Waals surface area contributed by atoms with Crippen molar-refractivity contribution in [2.75, 3.05) is 38.5 Å². The van der Waals surface area contributed by atoms with Gasteiger partial charge in [-0.2, -0.15) is 9.50 Å². The van der Waals surface area contributed by atoms with Gasteiger partial charge in [0.25, 0.3) is 5.56 Å². The Kier molecular flexibility index (Phi) is 5.65. The first-order valence-corrected chi connectivity index (χ1v) is 12.1. The molecule has 1 saturated heterocycles. The van der Waals surface area contributed by atoms with Gasteiger partial charge in [0.2, 0.25) is 11.8 Å². The average molecular weight is 505 g/mol. The lowest BCUT2D eigenvalue weighted by atomic mass is 10.2. The smallest absolute Gasteiger partial charge is 0.330 e. The number of rotatable bonds is 6. The fourth-order valence-corrected chi connectivity index (χ4v) is 4.91. The van der Waals surface area contributed by atoms with Crippen LogP contribution in [0, 0.1) is 0 Å². The highest BCUT2D eigenvalue weighted by molar-refractivity contribution is 5.91. The molecule has 0 spiro atoms. The summed E-state index contributed by atoms with van der Waals surface area (Å²) in [7, 11) is 3.19. The molecule has 5 aromatic heterocycles. The number of anilines is 1. The zero-order valence-electron chi connectivity index (χ0n) is 20.7.